The zero-order valence-electron chi connectivity index (χ0n) is 19.7. The van der Waals surface area contributed by atoms with Crippen LogP contribution in [0.3, 0.4) is 0 Å². The second kappa shape index (κ2) is 11.7. The number of hydrogen-bond donors (Lipinski definition) is 2. The fourth-order valence-electron chi connectivity index (χ4n) is 4.18. The molecular weight excluding hydrogens is 398 g/mol. The van der Waals surface area contributed by atoms with E-state index in [9.17, 15) is 9.59 Å². The number of anilines is 2. The smallest absolute Gasteiger partial charge is 0.253 e. The van der Waals surface area contributed by atoms with Gasteiger partial charge in [0.1, 0.15) is 0 Å². The van der Waals surface area contributed by atoms with E-state index in [1.54, 1.807) is 0 Å². The van der Waals surface area contributed by atoms with Gasteiger partial charge in [-0.15, -0.1) is 0 Å². The van der Waals surface area contributed by atoms with E-state index in [1.807, 2.05) is 55.5 Å². The van der Waals surface area contributed by atoms with Crippen LogP contribution < -0.4 is 15.5 Å². The zero-order valence-corrected chi connectivity index (χ0v) is 19.7. The Balaban J connectivity index is 1.80. The van der Waals surface area contributed by atoms with Crippen LogP contribution >= 0.6 is 0 Å². The Hall–Kier alpha value is -2.82. The van der Waals surface area contributed by atoms with Crippen molar-refractivity contribution in [1.29, 1.82) is 0 Å². The molecule has 2 amide bonds. The Morgan fingerprint density at radius 3 is 2.47 bits per heavy atom. The fourth-order valence-corrected chi connectivity index (χ4v) is 4.18. The Morgan fingerprint density at radius 2 is 1.78 bits per heavy atom. The lowest BCUT2D eigenvalue weighted by molar-refractivity contribution is -0.116. The minimum absolute atomic E-state index is 0.00186. The minimum atomic E-state index is -0.114. The molecule has 1 aliphatic rings. The van der Waals surface area contributed by atoms with Gasteiger partial charge in [0.2, 0.25) is 5.91 Å². The largest absolute Gasteiger partial charge is 0.371 e. The SMILES string of the molecule is CCCCCC(=O)Nc1ccc(N2CCC(C)CC2)c(C(=O)N[C@H](C)c2ccccc2)c1. The van der Waals surface area contributed by atoms with Crippen molar-refractivity contribution >= 4 is 23.2 Å². The summed E-state index contributed by atoms with van der Waals surface area (Å²) < 4.78 is 0. The maximum absolute atomic E-state index is 13.4. The molecule has 0 unspecified atom stereocenters. The molecule has 0 spiro atoms. The summed E-state index contributed by atoms with van der Waals surface area (Å²) in [6.45, 7) is 8.29. The standard InChI is InChI=1S/C27H37N3O2/c1-4-5-7-12-26(31)29-23-13-14-25(30-17-15-20(2)16-18-30)24(19-23)27(32)28-21(3)22-10-8-6-9-11-22/h6,8-11,13-14,19-21H,4-5,7,12,15-18H2,1-3H3,(H,28,32)(H,29,31)/t21-/m1/s1. The highest BCUT2D eigenvalue weighted by atomic mass is 16.2. The average Bonchev–Trinajstić information content (AvgIpc) is 2.80. The molecule has 2 aromatic rings. The van der Waals surface area contributed by atoms with Crippen LogP contribution in [0.15, 0.2) is 48.5 Å². The number of benzene rings is 2. The van der Waals surface area contributed by atoms with Gasteiger partial charge < -0.3 is 15.5 Å². The van der Waals surface area contributed by atoms with E-state index in [0.717, 1.165) is 56.4 Å². The first kappa shape index (κ1) is 23.8. The number of nitrogens with one attached hydrogen (secondary N) is 2. The molecule has 0 radical (unpaired) electrons. The number of unbranched alkanes of at least 4 members (excludes halogenated alkanes) is 2. The van der Waals surface area contributed by atoms with Gasteiger partial charge in [0.25, 0.3) is 5.91 Å². The minimum Gasteiger partial charge on any atom is -0.371 e. The topological polar surface area (TPSA) is 61.4 Å². The highest BCUT2D eigenvalue weighted by molar-refractivity contribution is 6.02. The van der Waals surface area contributed by atoms with Crippen LogP contribution in [0.4, 0.5) is 11.4 Å². The Kier molecular flexibility index (Phi) is 8.72. The van der Waals surface area contributed by atoms with E-state index in [1.165, 1.54) is 0 Å². The highest BCUT2D eigenvalue weighted by Gasteiger charge is 2.23. The van der Waals surface area contributed by atoms with Crippen molar-refractivity contribution in [2.24, 2.45) is 5.92 Å². The van der Waals surface area contributed by atoms with Crippen LogP contribution in [0.2, 0.25) is 0 Å². The van der Waals surface area contributed by atoms with E-state index in [-0.39, 0.29) is 17.9 Å². The Labute approximate surface area is 192 Å². The van der Waals surface area contributed by atoms with Gasteiger partial charge in [0.05, 0.1) is 11.6 Å². The quantitative estimate of drug-likeness (QED) is 0.480. The molecule has 1 saturated heterocycles. The molecule has 3 rings (SSSR count). The number of rotatable bonds is 9. The fraction of sp³-hybridized carbons (Fsp3) is 0.481. The summed E-state index contributed by atoms with van der Waals surface area (Å²) in [5.74, 6) is 0.599. The van der Waals surface area contributed by atoms with Crippen LogP contribution in [0, 0.1) is 5.92 Å². The van der Waals surface area contributed by atoms with Crippen molar-refractivity contribution in [3.05, 3.63) is 59.7 Å². The van der Waals surface area contributed by atoms with Crippen LogP contribution in [0.5, 0.6) is 0 Å². The molecule has 0 aliphatic carbocycles. The predicted molar refractivity (Wildman–Crippen MR) is 132 cm³/mol. The summed E-state index contributed by atoms with van der Waals surface area (Å²) in [5, 5.41) is 6.13. The summed E-state index contributed by atoms with van der Waals surface area (Å²) in [4.78, 5) is 28.0. The molecule has 1 heterocycles. The second-order valence-electron chi connectivity index (χ2n) is 9.01. The third-order valence-corrected chi connectivity index (χ3v) is 6.30. The summed E-state index contributed by atoms with van der Waals surface area (Å²) in [7, 11) is 0. The van der Waals surface area contributed by atoms with Crippen molar-refractivity contribution in [3.8, 4) is 0 Å². The summed E-state index contributed by atoms with van der Waals surface area (Å²) in [6, 6.07) is 15.6. The van der Waals surface area contributed by atoms with Gasteiger partial charge >= 0.3 is 0 Å². The van der Waals surface area contributed by atoms with Crippen LogP contribution in [0.25, 0.3) is 0 Å². The Morgan fingerprint density at radius 1 is 1.06 bits per heavy atom. The molecule has 5 heteroatoms. The van der Waals surface area contributed by atoms with Crippen LogP contribution in [0.1, 0.15) is 81.3 Å². The Bertz CT molecular complexity index is 889. The van der Waals surface area contributed by atoms with Crippen molar-refractivity contribution < 1.29 is 9.59 Å². The lowest BCUT2D eigenvalue weighted by atomic mass is 9.97. The molecule has 0 saturated carbocycles. The second-order valence-corrected chi connectivity index (χ2v) is 9.01. The summed E-state index contributed by atoms with van der Waals surface area (Å²) >= 11 is 0. The zero-order chi connectivity index (χ0) is 22.9. The first-order valence-electron chi connectivity index (χ1n) is 12.0. The average molecular weight is 436 g/mol. The molecule has 1 atom stereocenters. The molecule has 0 bridgehead atoms. The monoisotopic (exact) mass is 435 g/mol. The predicted octanol–water partition coefficient (Wildman–Crippen LogP) is 5.93. The summed E-state index contributed by atoms with van der Waals surface area (Å²) in [6.07, 6.45) is 5.76. The van der Waals surface area contributed by atoms with Crippen molar-refractivity contribution in [3.63, 3.8) is 0 Å². The maximum atomic E-state index is 13.4. The van der Waals surface area contributed by atoms with Gasteiger partial charge in [0, 0.05) is 30.9 Å². The van der Waals surface area contributed by atoms with Gasteiger partial charge in [-0.05, 0) is 55.9 Å². The lowest BCUT2D eigenvalue weighted by Crippen LogP contribution is -2.35. The third kappa shape index (κ3) is 6.59. The van der Waals surface area contributed by atoms with Crippen molar-refractivity contribution in [2.75, 3.05) is 23.3 Å². The number of piperidine rings is 1. The molecule has 0 aromatic heterocycles. The van der Waals surface area contributed by atoms with Crippen molar-refractivity contribution in [2.45, 2.75) is 65.3 Å². The van der Waals surface area contributed by atoms with Gasteiger partial charge in [-0.2, -0.15) is 0 Å². The molecule has 32 heavy (non-hydrogen) atoms. The molecule has 2 aromatic carbocycles. The van der Waals surface area contributed by atoms with Crippen LogP contribution in [-0.4, -0.2) is 24.9 Å². The first-order valence-corrected chi connectivity index (χ1v) is 12.0. The van der Waals surface area contributed by atoms with Gasteiger partial charge in [-0.25, -0.2) is 0 Å². The number of amides is 2. The van der Waals surface area contributed by atoms with Crippen molar-refractivity contribution in [1.82, 2.24) is 5.32 Å². The molecule has 172 valence electrons. The maximum Gasteiger partial charge on any atom is 0.253 e. The van der Waals surface area contributed by atoms with E-state index in [4.69, 9.17) is 0 Å². The highest BCUT2D eigenvalue weighted by Crippen LogP contribution is 2.29. The van der Waals surface area contributed by atoms with E-state index >= 15 is 0 Å². The summed E-state index contributed by atoms with van der Waals surface area (Å²) in [5.41, 5.74) is 3.31. The van der Waals surface area contributed by atoms with Gasteiger partial charge in [-0.3, -0.25) is 9.59 Å². The lowest BCUT2D eigenvalue weighted by Gasteiger charge is -2.33. The first-order chi connectivity index (χ1) is 15.5. The number of nitrogens with zero attached hydrogens (tertiary/aromatic N) is 1. The van der Waals surface area contributed by atoms with Gasteiger partial charge in [-0.1, -0.05) is 57.0 Å². The number of carbonyl (C=O) groups excluding carboxylic acids is 2. The van der Waals surface area contributed by atoms with Gasteiger partial charge in [0.15, 0.2) is 0 Å². The molecule has 5 nitrogen and oxygen atoms in total. The molecular formula is C27H37N3O2. The van der Waals surface area contributed by atoms with E-state index in [0.29, 0.717) is 23.6 Å². The number of hydrogen-bond acceptors (Lipinski definition) is 3. The van der Waals surface area contributed by atoms with Crippen LogP contribution in [-0.2, 0) is 4.79 Å². The number of carbonyl (C=O) groups is 2. The molecule has 2 N–H and O–H groups in total. The van der Waals surface area contributed by atoms with E-state index < -0.39 is 0 Å². The molecule has 1 fully saturated rings. The third-order valence-electron chi connectivity index (χ3n) is 6.30. The molecule has 1 aliphatic heterocycles. The normalized spacial score (nSPS) is 15.3. The van der Waals surface area contributed by atoms with E-state index in [2.05, 4.69) is 29.4 Å².